The van der Waals surface area contributed by atoms with Crippen LogP contribution in [0.3, 0.4) is 0 Å². The molecular formula is C12H16O3. The van der Waals surface area contributed by atoms with Crippen LogP contribution in [0.4, 0.5) is 0 Å². The summed E-state index contributed by atoms with van der Waals surface area (Å²) in [7, 11) is 0. The van der Waals surface area contributed by atoms with Gasteiger partial charge in [0.15, 0.2) is 6.10 Å². The Morgan fingerprint density at radius 2 is 2.07 bits per heavy atom. The van der Waals surface area contributed by atoms with Gasteiger partial charge in [-0.1, -0.05) is 18.2 Å². The number of aliphatic hydroxyl groups excluding tert-OH is 1. The summed E-state index contributed by atoms with van der Waals surface area (Å²) >= 11 is 0. The smallest absolute Gasteiger partial charge is 0.151 e. The minimum absolute atomic E-state index is 0.0326. The highest BCUT2D eigenvalue weighted by Gasteiger charge is 2.42. The normalized spacial score (nSPS) is 29.6. The van der Waals surface area contributed by atoms with Crippen LogP contribution in [0.2, 0.25) is 0 Å². The van der Waals surface area contributed by atoms with Gasteiger partial charge < -0.3 is 14.6 Å². The first-order chi connectivity index (χ1) is 7.31. The van der Waals surface area contributed by atoms with E-state index in [9.17, 15) is 5.11 Å². The molecule has 1 fully saturated rings. The Bertz CT molecular complexity index is 297. The Morgan fingerprint density at radius 1 is 1.33 bits per heavy atom. The molecule has 1 saturated carbocycles. The van der Waals surface area contributed by atoms with Crippen molar-refractivity contribution in [2.24, 2.45) is 0 Å². The second-order valence-corrected chi connectivity index (χ2v) is 3.69. The first-order valence-corrected chi connectivity index (χ1v) is 5.32. The first kappa shape index (κ1) is 10.5. The summed E-state index contributed by atoms with van der Waals surface area (Å²) in [6.07, 6.45) is 0.0880. The molecule has 3 atom stereocenters. The minimum Gasteiger partial charge on any atom is -0.485 e. The first-order valence-electron chi connectivity index (χ1n) is 5.32. The number of hydrogen-bond donors (Lipinski definition) is 1. The Balaban J connectivity index is 1.93. The van der Waals surface area contributed by atoms with Crippen molar-refractivity contribution in [3.05, 3.63) is 30.3 Å². The van der Waals surface area contributed by atoms with E-state index in [4.69, 9.17) is 9.47 Å². The Hall–Kier alpha value is -1.06. The van der Waals surface area contributed by atoms with Crippen LogP contribution in [-0.2, 0) is 4.74 Å². The molecule has 1 aromatic rings. The van der Waals surface area contributed by atoms with Crippen molar-refractivity contribution in [2.45, 2.75) is 31.7 Å². The number of hydrogen-bond acceptors (Lipinski definition) is 3. The van der Waals surface area contributed by atoms with Crippen LogP contribution in [0.25, 0.3) is 0 Å². The maximum atomic E-state index is 9.56. The largest absolute Gasteiger partial charge is 0.485 e. The van der Waals surface area contributed by atoms with Gasteiger partial charge in [0.1, 0.15) is 5.75 Å². The second-order valence-electron chi connectivity index (χ2n) is 3.69. The van der Waals surface area contributed by atoms with Crippen molar-refractivity contribution in [3.63, 3.8) is 0 Å². The average molecular weight is 208 g/mol. The highest BCUT2D eigenvalue weighted by molar-refractivity contribution is 5.22. The van der Waals surface area contributed by atoms with Gasteiger partial charge in [0, 0.05) is 13.0 Å². The lowest BCUT2D eigenvalue weighted by Crippen LogP contribution is -2.55. The number of ether oxygens (including phenoxy) is 2. The fourth-order valence-electron chi connectivity index (χ4n) is 1.75. The van der Waals surface area contributed by atoms with Gasteiger partial charge in [-0.15, -0.1) is 0 Å². The molecule has 1 aliphatic carbocycles. The molecule has 0 heterocycles. The number of rotatable bonds is 4. The molecule has 3 nitrogen and oxygen atoms in total. The predicted molar refractivity (Wildman–Crippen MR) is 56.9 cm³/mol. The quantitative estimate of drug-likeness (QED) is 0.817. The summed E-state index contributed by atoms with van der Waals surface area (Å²) in [6.45, 7) is 2.61. The van der Waals surface area contributed by atoms with Crippen LogP contribution < -0.4 is 4.74 Å². The monoisotopic (exact) mass is 208 g/mol. The summed E-state index contributed by atoms with van der Waals surface area (Å²) < 4.78 is 11.1. The molecule has 0 amide bonds. The zero-order chi connectivity index (χ0) is 10.7. The molecule has 15 heavy (non-hydrogen) atoms. The Morgan fingerprint density at radius 3 is 2.67 bits per heavy atom. The molecule has 3 unspecified atom stereocenters. The zero-order valence-electron chi connectivity index (χ0n) is 8.80. The molecule has 0 bridgehead atoms. The minimum atomic E-state index is -0.401. The lowest BCUT2D eigenvalue weighted by Gasteiger charge is -2.40. The molecule has 0 saturated heterocycles. The van der Waals surface area contributed by atoms with E-state index >= 15 is 0 Å². The molecule has 3 heteroatoms. The third kappa shape index (κ3) is 2.30. The van der Waals surface area contributed by atoms with Crippen molar-refractivity contribution in [1.29, 1.82) is 0 Å². The third-order valence-corrected chi connectivity index (χ3v) is 2.62. The van der Waals surface area contributed by atoms with Crippen molar-refractivity contribution in [2.75, 3.05) is 6.61 Å². The van der Waals surface area contributed by atoms with E-state index in [1.165, 1.54) is 0 Å². The van der Waals surface area contributed by atoms with Gasteiger partial charge in [0.25, 0.3) is 0 Å². The van der Waals surface area contributed by atoms with Crippen LogP contribution in [0.15, 0.2) is 30.3 Å². The van der Waals surface area contributed by atoms with E-state index < -0.39 is 6.10 Å². The maximum Gasteiger partial charge on any atom is 0.151 e. The SMILES string of the molecule is CCOC1CC(O)C1Oc1ccccc1. The highest BCUT2D eigenvalue weighted by Crippen LogP contribution is 2.28. The Kier molecular flexibility index (Phi) is 3.23. The molecule has 0 aromatic heterocycles. The molecule has 0 spiro atoms. The topological polar surface area (TPSA) is 38.7 Å². The van der Waals surface area contributed by atoms with Crippen molar-refractivity contribution in [1.82, 2.24) is 0 Å². The van der Waals surface area contributed by atoms with Crippen molar-refractivity contribution < 1.29 is 14.6 Å². The highest BCUT2D eigenvalue weighted by atomic mass is 16.6. The Labute approximate surface area is 89.6 Å². The van der Waals surface area contributed by atoms with E-state index in [2.05, 4.69) is 0 Å². The van der Waals surface area contributed by atoms with E-state index in [0.717, 1.165) is 5.75 Å². The number of para-hydroxylation sites is 1. The molecule has 0 aliphatic heterocycles. The van der Waals surface area contributed by atoms with Crippen LogP contribution in [0.5, 0.6) is 5.75 Å². The van der Waals surface area contributed by atoms with Crippen LogP contribution >= 0.6 is 0 Å². The predicted octanol–water partition coefficient (Wildman–Crippen LogP) is 1.60. The molecule has 82 valence electrons. The number of aliphatic hydroxyl groups is 1. The zero-order valence-corrected chi connectivity index (χ0v) is 8.80. The van der Waals surface area contributed by atoms with Gasteiger partial charge >= 0.3 is 0 Å². The van der Waals surface area contributed by atoms with E-state index in [0.29, 0.717) is 13.0 Å². The summed E-state index contributed by atoms with van der Waals surface area (Å²) in [4.78, 5) is 0. The summed E-state index contributed by atoms with van der Waals surface area (Å²) in [5.41, 5.74) is 0. The van der Waals surface area contributed by atoms with Gasteiger partial charge in [-0.25, -0.2) is 0 Å². The van der Waals surface area contributed by atoms with Crippen LogP contribution in [0, 0.1) is 0 Å². The summed E-state index contributed by atoms with van der Waals surface area (Å²) in [5.74, 6) is 0.783. The molecule has 1 aliphatic rings. The lowest BCUT2D eigenvalue weighted by atomic mass is 9.88. The van der Waals surface area contributed by atoms with E-state index in [1.54, 1.807) is 0 Å². The maximum absolute atomic E-state index is 9.56. The fourth-order valence-corrected chi connectivity index (χ4v) is 1.75. The molecule has 1 aromatic carbocycles. The molecule has 2 rings (SSSR count). The van der Waals surface area contributed by atoms with E-state index in [1.807, 2.05) is 37.3 Å². The molecule has 1 N–H and O–H groups in total. The number of benzene rings is 1. The van der Waals surface area contributed by atoms with Gasteiger partial charge in [-0.05, 0) is 19.1 Å². The molecular weight excluding hydrogens is 192 g/mol. The van der Waals surface area contributed by atoms with Crippen LogP contribution in [-0.4, -0.2) is 30.0 Å². The summed E-state index contributed by atoms with van der Waals surface area (Å²) in [5, 5.41) is 9.56. The fraction of sp³-hybridized carbons (Fsp3) is 0.500. The van der Waals surface area contributed by atoms with Gasteiger partial charge in [-0.2, -0.15) is 0 Å². The molecule has 0 radical (unpaired) electrons. The summed E-state index contributed by atoms with van der Waals surface area (Å²) in [6, 6.07) is 9.53. The van der Waals surface area contributed by atoms with Gasteiger partial charge in [-0.3, -0.25) is 0 Å². The standard InChI is InChI=1S/C12H16O3/c1-2-14-11-8-10(13)12(11)15-9-6-4-3-5-7-9/h3-7,10-13H,2,8H2,1H3. The third-order valence-electron chi connectivity index (χ3n) is 2.62. The van der Waals surface area contributed by atoms with Gasteiger partial charge in [0.05, 0.1) is 12.2 Å². The second kappa shape index (κ2) is 4.64. The van der Waals surface area contributed by atoms with Crippen molar-refractivity contribution in [3.8, 4) is 5.75 Å². The lowest BCUT2D eigenvalue weighted by molar-refractivity contribution is -0.154. The average Bonchev–Trinajstić information content (AvgIpc) is 2.27. The van der Waals surface area contributed by atoms with Gasteiger partial charge in [0.2, 0.25) is 0 Å². The van der Waals surface area contributed by atoms with Crippen LogP contribution in [0.1, 0.15) is 13.3 Å². The van der Waals surface area contributed by atoms with E-state index in [-0.39, 0.29) is 12.2 Å². The van der Waals surface area contributed by atoms with Crippen molar-refractivity contribution >= 4 is 0 Å².